The summed E-state index contributed by atoms with van der Waals surface area (Å²) in [6, 6.07) is 14.5. The van der Waals surface area contributed by atoms with Gasteiger partial charge in [0.25, 0.3) is 5.91 Å². The molecule has 0 saturated carbocycles. The molecule has 2 aromatic rings. The van der Waals surface area contributed by atoms with Gasteiger partial charge in [0.1, 0.15) is 5.75 Å². The molecule has 1 atom stereocenters. The summed E-state index contributed by atoms with van der Waals surface area (Å²) >= 11 is 3.36. The fourth-order valence-electron chi connectivity index (χ4n) is 1.62. The summed E-state index contributed by atoms with van der Waals surface area (Å²) in [5.41, 5.74) is 7.02. The molecule has 0 aromatic heterocycles. The van der Waals surface area contributed by atoms with Crippen LogP contribution in [0.5, 0.6) is 5.75 Å². The van der Waals surface area contributed by atoms with E-state index in [-0.39, 0.29) is 5.91 Å². The number of nitrogens with two attached hydrogens (primary N) is 1. The second-order valence-electron chi connectivity index (χ2n) is 4.31. The average molecular weight is 335 g/mol. The van der Waals surface area contributed by atoms with E-state index in [4.69, 9.17) is 10.5 Å². The first-order valence-corrected chi connectivity index (χ1v) is 6.93. The summed E-state index contributed by atoms with van der Waals surface area (Å²) < 4.78 is 6.38. The molecule has 3 N–H and O–H groups in total. The number of amides is 1. The number of para-hydroxylation sites is 1. The molecule has 0 aliphatic heterocycles. The zero-order valence-corrected chi connectivity index (χ0v) is 12.6. The second-order valence-corrected chi connectivity index (χ2v) is 5.16. The van der Waals surface area contributed by atoms with E-state index in [0.29, 0.717) is 11.4 Å². The van der Waals surface area contributed by atoms with E-state index in [1.165, 1.54) is 0 Å². The van der Waals surface area contributed by atoms with Gasteiger partial charge in [0.15, 0.2) is 6.10 Å². The van der Waals surface area contributed by atoms with E-state index in [2.05, 4.69) is 21.2 Å². The first-order valence-electron chi connectivity index (χ1n) is 6.14. The molecular formula is C15H15BrN2O2. The van der Waals surface area contributed by atoms with Crippen molar-refractivity contribution in [3.8, 4) is 5.75 Å². The summed E-state index contributed by atoms with van der Waals surface area (Å²) in [6.07, 6.45) is -0.631. The maximum absolute atomic E-state index is 12.0. The number of nitrogen functional groups attached to an aromatic ring is 1. The van der Waals surface area contributed by atoms with Crippen LogP contribution in [-0.4, -0.2) is 12.0 Å². The highest BCUT2D eigenvalue weighted by molar-refractivity contribution is 9.10. The number of halogens is 1. The van der Waals surface area contributed by atoms with Gasteiger partial charge in [-0.05, 0) is 47.1 Å². The molecule has 0 aliphatic carbocycles. The number of anilines is 2. The third-order valence-electron chi connectivity index (χ3n) is 2.67. The highest BCUT2D eigenvalue weighted by Gasteiger charge is 2.16. The normalized spacial score (nSPS) is 11.7. The number of benzene rings is 2. The van der Waals surface area contributed by atoms with Crippen LogP contribution in [-0.2, 0) is 4.79 Å². The minimum Gasteiger partial charge on any atom is -0.480 e. The number of hydrogen-bond acceptors (Lipinski definition) is 3. The highest BCUT2D eigenvalue weighted by atomic mass is 79.9. The van der Waals surface area contributed by atoms with Gasteiger partial charge in [0.05, 0.1) is 4.47 Å². The van der Waals surface area contributed by atoms with Crippen molar-refractivity contribution < 1.29 is 9.53 Å². The van der Waals surface area contributed by atoms with Crippen LogP contribution in [0.15, 0.2) is 53.0 Å². The topological polar surface area (TPSA) is 64.3 Å². The quantitative estimate of drug-likeness (QED) is 0.842. The highest BCUT2D eigenvalue weighted by Crippen LogP contribution is 2.28. The molecule has 2 aromatic carbocycles. The fourth-order valence-corrected chi connectivity index (χ4v) is 1.96. The Morgan fingerprint density at radius 2 is 1.95 bits per heavy atom. The zero-order valence-electron chi connectivity index (χ0n) is 11.0. The van der Waals surface area contributed by atoms with E-state index in [9.17, 15) is 4.79 Å². The van der Waals surface area contributed by atoms with Crippen LogP contribution in [0.4, 0.5) is 11.4 Å². The Morgan fingerprint density at radius 1 is 1.25 bits per heavy atom. The summed E-state index contributed by atoms with van der Waals surface area (Å²) in [5, 5.41) is 2.79. The van der Waals surface area contributed by atoms with Crippen molar-refractivity contribution >= 4 is 33.2 Å². The van der Waals surface area contributed by atoms with E-state index >= 15 is 0 Å². The molecule has 0 fully saturated rings. The standard InChI is InChI=1S/C15H15BrN2O2/c1-10(15(19)18-12-5-3-2-4-6-12)20-14-9-11(17)7-8-13(14)16/h2-10H,17H2,1H3,(H,18,19). The number of carbonyl (C=O) groups excluding carboxylic acids is 1. The molecule has 0 spiro atoms. The maximum Gasteiger partial charge on any atom is 0.265 e. The van der Waals surface area contributed by atoms with Crippen LogP contribution < -0.4 is 15.8 Å². The maximum atomic E-state index is 12.0. The molecule has 0 saturated heterocycles. The Bertz CT molecular complexity index is 602. The first-order chi connectivity index (χ1) is 9.56. The molecule has 20 heavy (non-hydrogen) atoms. The Labute approximate surface area is 126 Å². The van der Waals surface area contributed by atoms with Gasteiger partial charge in [0, 0.05) is 17.4 Å². The molecule has 5 heteroatoms. The molecule has 0 aliphatic rings. The molecule has 1 unspecified atom stereocenters. The minimum absolute atomic E-state index is 0.217. The van der Waals surface area contributed by atoms with Gasteiger partial charge in [0.2, 0.25) is 0 Å². The van der Waals surface area contributed by atoms with Crippen LogP contribution >= 0.6 is 15.9 Å². The monoisotopic (exact) mass is 334 g/mol. The molecule has 4 nitrogen and oxygen atoms in total. The molecule has 1 amide bonds. The smallest absolute Gasteiger partial charge is 0.265 e. The lowest BCUT2D eigenvalue weighted by Crippen LogP contribution is -2.30. The Hall–Kier alpha value is -2.01. The molecule has 0 radical (unpaired) electrons. The summed E-state index contributed by atoms with van der Waals surface area (Å²) in [4.78, 5) is 12.0. The minimum atomic E-state index is -0.631. The van der Waals surface area contributed by atoms with Crippen molar-refractivity contribution in [2.75, 3.05) is 11.1 Å². The molecule has 0 bridgehead atoms. The SMILES string of the molecule is CC(Oc1cc(N)ccc1Br)C(=O)Nc1ccccc1. The van der Waals surface area contributed by atoms with Gasteiger partial charge in [-0.3, -0.25) is 4.79 Å². The largest absolute Gasteiger partial charge is 0.480 e. The lowest BCUT2D eigenvalue weighted by Gasteiger charge is -2.16. The first kappa shape index (κ1) is 14.4. The third-order valence-corrected chi connectivity index (χ3v) is 3.32. The van der Waals surface area contributed by atoms with Crippen molar-refractivity contribution in [1.29, 1.82) is 0 Å². The van der Waals surface area contributed by atoms with E-state index in [1.54, 1.807) is 25.1 Å². The van der Waals surface area contributed by atoms with E-state index in [0.717, 1.165) is 10.2 Å². The lowest BCUT2D eigenvalue weighted by molar-refractivity contribution is -0.122. The van der Waals surface area contributed by atoms with Crippen molar-refractivity contribution in [3.05, 3.63) is 53.0 Å². The number of nitrogens with one attached hydrogen (secondary N) is 1. The van der Waals surface area contributed by atoms with Gasteiger partial charge in [-0.1, -0.05) is 18.2 Å². The number of hydrogen-bond donors (Lipinski definition) is 2. The average Bonchev–Trinajstić information content (AvgIpc) is 2.44. The molecular weight excluding hydrogens is 320 g/mol. The fraction of sp³-hybridized carbons (Fsp3) is 0.133. The second kappa shape index (κ2) is 6.43. The van der Waals surface area contributed by atoms with Gasteiger partial charge >= 0.3 is 0 Å². The lowest BCUT2D eigenvalue weighted by atomic mass is 10.3. The van der Waals surface area contributed by atoms with Crippen molar-refractivity contribution in [1.82, 2.24) is 0 Å². The third kappa shape index (κ3) is 3.74. The zero-order chi connectivity index (χ0) is 14.5. The molecule has 2 rings (SSSR count). The number of ether oxygens (including phenoxy) is 1. The van der Waals surface area contributed by atoms with Gasteiger partial charge < -0.3 is 15.8 Å². The summed E-state index contributed by atoms with van der Waals surface area (Å²) in [5.74, 6) is 0.325. The van der Waals surface area contributed by atoms with E-state index < -0.39 is 6.10 Å². The van der Waals surface area contributed by atoms with Crippen molar-refractivity contribution in [2.45, 2.75) is 13.0 Å². The van der Waals surface area contributed by atoms with Crippen molar-refractivity contribution in [3.63, 3.8) is 0 Å². The molecule has 0 heterocycles. The number of carbonyl (C=O) groups is 1. The van der Waals surface area contributed by atoms with Gasteiger partial charge in [-0.15, -0.1) is 0 Å². The Morgan fingerprint density at radius 3 is 2.65 bits per heavy atom. The van der Waals surface area contributed by atoms with Crippen molar-refractivity contribution in [2.24, 2.45) is 0 Å². The summed E-state index contributed by atoms with van der Waals surface area (Å²) in [7, 11) is 0. The Balaban J connectivity index is 2.02. The summed E-state index contributed by atoms with van der Waals surface area (Å²) in [6.45, 7) is 1.69. The number of rotatable bonds is 4. The molecule has 104 valence electrons. The van der Waals surface area contributed by atoms with Crippen LogP contribution in [0.2, 0.25) is 0 Å². The predicted molar refractivity (Wildman–Crippen MR) is 83.7 cm³/mol. The van der Waals surface area contributed by atoms with Crippen LogP contribution in [0.25, 0.3) is 0 Å². The Kier molecular flexibility index (Phi) is 4.63. The van der Waals surface area contributed by atoms with Crippen LogP contribution in [0.3, 0.4) is 0 Å². The van der Waals surface area contributed by atoms with Gasteiger partial charge in [-0.25, -0.2) is 0 Å². The van der Waals surface area contributed by atoms with E-state index in [1.807, 2.05) is 30.3 Å². The predicted octanol–water partition coefficient (Wildman–Crippen LogP) is 3.44. The van der Waals surface area contributed by atoms with Crippen LogP contribution in [0.1, 0.15) is 6.92 Å². The van der Waals surface area contributed by atoms with Crippen LogP contribution in [0, 0.1) is 0 Å². The van der Waals surface area contributed by atoms with Gasteiger partial charge in [-0.2, -0.15) is 0 Å².